The van der Waals surface area contributed by atoms with Crippen molar-refractivity contribution in [3.05, 3.63) is 28.1 Å². The predicted molar refractivity (Wildman–Crippen MR) is 68.7 cm³/mol. The molecule has 0 amide bonds. The van der Waals surface area contributed by atoms with Crippen LogP contribution in [0.1, 0.15) is 23.9 Å². The average molecular weight is 248 g/mol. The zero-order valence-corrected chi connectivity index (χ0v) is 10.7. The van der Waals surface area contributed by atoms with Gasteiger partial charge in [0.25, 0.3) is 0 Å². The summed E-state index contributed by atoms with van der Waals surface area (Å²) >= 11 is 3.36. The number of nitriles is 1. The third-order valence-electron chi connectivity index (χ3n) is 2.24. The van der Waals surface area contributed by atoms with Crippen LogP contribution in [0.2, 0.25) is 0 Å². The summed E-state index contributed by atoms with van der Waals surface area (Å²) in [4.78, 5) is 6.97. The normalized spacial score (nSPS) is 10.2. The second-order valence-corrected chi connectivity index (χ2v) is 5.48. The number of hydrogen-bond donors (Lipinski definition) is 0. The fourth-order valence-electron chi connectivity index (χ4n) is 1.53. The van der Waals surface area contributed by atoms with Crippen molar-refractivity contribution in [1.29, 1.82) is 5.26 Å². The van der Waals surface area contributed by atoms with Gasteiger partial charge >= 0.3 is 0 Å². The van der Waals surface area contributed by atoms with E-state index in [1.165, 1.54) is 4.88 Å². The molecule has 16 heavy (non-hydrogen) atoms. The first-order chi connectivity index (χ1) is 7.85. The first kappa shape index (κ1) is 11.3. The number of rotatable bonds is 4. The van der Waals surface area contributed by atoms with Crippen molar-refractivity contribution >= 4 is 22.7 Å². The summed E-state index contributed by atoms with van der Waals surface area (Å²) in [5.74, 6) is 0. The molecule has 4 heteroatoms. The van der Waals surface area contributed by atoms with Gasteiger partial charge in [-0.3, -0.25) is 0 Å². The second kappa shape index (κ2) is 5.24. The van der Waals surface area contributed by atoms with Gasteiger partial charge in [0, 0.05) is 4.88 Å². The van der Waals surface area contributed by atoms with Gasteiger partial charge in [-0.1, -0.05) is 19.4 Å². The summed E-state index contributed by atoms with van der Waals surface area (Å²) in [5.41, 5.74) is 1.11. The minimum absolute atomic E-state index is 0.484. The topological polar surface area (TPSA) is 36.7 Å². The van der Waals surface area contributed by atoms with Crippen molar-refractivity contribution in [2.45, 2.75) is 26.2 Å². The highest BCUT2D eigenvalue weighted by molar-refractivity contribution is 7.21. The van der Waals surface area contributed by atoms with Gasteiger partial charge in [0.05, 0.1) is 23.1 Å². The maximum Gasteiger partial charge on any atom is 0.133 e. The van der Waals surface area contributed by atoms with Gasteiger partial charge in [-0.15, -0.1) is 22.7 Å². The molecule has 2 heterocycles. The van der Waals surface area contributed by atoms with E-state index in [2.05, 4.69) is 29.4 Å². The molecule has 0 aliphatic rings. The number of thiophene rings is 1. The van der Waals surface area contributed by atoms with Crippen LogP contribution in [0.3, 0.4) is 0 Å². The fourth-order valence-corrected chi connectivity index (χ4v) is 3.37. The quantitative estimate of drug-likeness (QED) is 0.823. The number of aromatic nitrogens is 1. The van der Waals surface area contributed by atoms with E-state index >= 15 is 0 Å². The Hall–Kier alpha value is -1.18. The zero-order chi connectivity index (χ0) is 11.4. The first-order valence-corrected chi connectivity index (χ1v) is 6.94. The third kappa shape index (κ3) is 2.31. The molecule has 0 radical (unpaired) electrons. The van der Waals surface area contributed by atoms with Crippen molar-refractivity contribution < 1.29 is 0 Å². The highest BCUT2D eigenvalue weighted by atomic mass is 32.1. The predicted octanol–water partition coefficient (Wildman–Crippen LogP) is 3.89. The maximum atomic E-state index is 8.78. The summed E-state index contributed by atoms with van der Waals surface area (Å²) in [7, 11) is 0. The Morgan fingerprint density at radius 1 is 1.50 bits per heavy atom. The molecule has 0 aromatic carbocycles. The monoisotopic (exact) mass is 248 g/mol. The standard InChI is InChI=1S/C12H12N2S2/c1-2-4-9-10(6-7-13)16-12(14-9)11-5-3-8-15-11/h3,5,8H,2,4,6H2,1H3. The number of thiazole rings is 1. The first-order valence-electron chi connectivity index (χ1n) is 5.24. The van der Waals surface area contributed by atoms with Crippen molar-refractivity contribution in [1.82, 2.24) is 4.98 Å². The molecule has 0 saturated carbocycles. The van der Waals surface area contributed by atoms with Gasteiger partial charge < -0.3 is 0 Å². The minimum atomic E-state index is 0.484. The Kier molecular flexibility index (Phi) is 3.70. The minimum Gasteiger partial charge on any atom is -0.240 e. The van der Waals surface area contributed by atoms with Crippen LogP contribution in [0.4, 0.5) is 0 Å². The molecule has 2 aromatic heterocycles. The number of hydrogen-bond acceptors (Lipinski definition) is 4. The largest absolute Gasteiger partial charge is 0.240 e. The van der Waals surface area contributed by atoms with Crippen molar-refractivity contribution in [3.63, 3.8) is 0 Å². The fraction of sp³-hybridized carbons (Fsp3) is 0.333. The molecule has 0 fully saturated rings. The lowest BCUT2D eigenvalue weighted by Gasteiger charge is -1.93. The van der Waals surface area contributed by atoms with Crippen LogP contribution < -0.4 is 0 Å². The molecule has 82 valence electrons. The molecule has 0 saturated heterocycles. The summed E-state index contributed by atoms with van der Waals surface area (Å²) < 4.78 is 0. The molecular formula is C12H12N2S2. The van der Waals surface area contributed by atoms with Gasteiger partial charge in [0.1, 0.15) is 5.01 Å². The highest BCUT2D eigenvalue weighted by Gasteiger charge is 2.12. The van der Waals surface area contributed by atoms with E-state index < -0.39 is 0 Å². The van der Waals surface area contributed by atoms with Crippen LogP contribution >= 0.6 is 22.7 Å². The van der Waals surface area contributed by atoms with Crippen molar-refractivity contribution in [2.24, 2.45) is 0 Å². The van der Waals surface area contributed by atoms with Crippen molar-refractivity contribution in [3.8, 4) is 16.0 Å². The Labute approximate surface area is 103 Å². The Morgan fingerprint density at radius 3 is 3.00 bits per heavy atom. The Balaban J connectivity index is 2.35. The average Bonchev–Trinajstić information content (AvgIpc) is 2.89. The van der Waals surface area contributed by atoms with Gasteiger partial charge in [0.2, 0.25) is 0 Å². The molecule has 0 atom stereocenters. The number of nitrogens with zero attached hydrogens (tertiary/aromatic N) is 2. The number of aryl methyl sites for hydroxylation is 1. The van der Waals surface area contributed by atoms with E-state index in [1.807, 2.05) is 6.07 Å². The lowest BCUT2D eigenvalue weighted by atomic mass is 10.2. The third-order valence-corrected chi connectivity index (χ3v) is 4.37. The van der Waals surface area contributed by atoms with Crippen LogP contribution in [-0.2, 0) is 12.8 Å². The van der Waals surface area contributed by atoms with E-state index in [-0.39, 0.29) is 0 Å². The molecule has 2 aromatic rings. The van der Waals surface area contributed by atoms with E-state index in [9.17, 15) is 0 Å². The van der Waals surface area contributed by atoms with Crippen LogP contribution in [0.25, 0.3) is 9.88 Å². The van der Waals surface area contributed by atoms with Crippen molar-refractivity contribution in [2.75, 3.05) is 0 Å². The van der Waals surface area contributed by atoms with E-state index in [0.717, 1.165) is 28.4 Å². The molecule has 0 bridgehead atoms. The lowest BCUT2D eigenvalue weighted by Crippen LogP contribution is -1.89. The van der Waals surface area contributed by atoms with Crippen LogP contribution in [0.15, 0.2) is 17.5 Å². The second-order valence-electron chi connectivity index (χ2n) is 3.45. The molecule has 0 N–H and O–H groups in total. The molecule has 2 rings (SSSR count). The lowest BCUT2D eigenvalue weighted by molar-refractivity contribution is 0.882. The van der Waals surface area contributed by atoms with Crippen LogP contribution in [0, 0.1) is 11.3 Å². The summed E-state index contributed by atoms with van der Waals surface area (Å²) in [5, 5.41) is 11.9. The van der Waals surface area contributed by atoms with Gasteiger partial charge in [-0.25, -0.2) is 4.98 Å². The molecule has 0 aliphatic carbocycles. The molecule has 0 aliphatic heterocycles. The van der Waals surface area contributed by atoms with Gasteiger partial charge in [0.15, 0.2) is 0 Å². The van der Waals surface area contributed by atoms with Crippen LogP contribution in [0.5, 0.6) is 0 Å². The summed E-state index contributed by atoms with van der Waals surface area (Å²) in [6, 6.07) is 6.33. The Morgan fingerprint density at radius 2 is 2.38 bits per heavy atom. The van der Waals surface area contributed by atoms with Gasteiger partial charge in [-0.05, 0) is 17.9 Å². The van der Waals surface area contributed by atoms with Gasteiger partial charge in [-0.2, -0.15) is 5.26 Å². The van der Waals surface area contributed by atoms with E-state index in [0.29, 0.717) is 6.42 Å². The van der Waals surface area contributed by atoms with Crippen LogP contribution in [-0.4, -0.2) is 4.98 Å². The highest BCUT2D eigenvalue weighted by Crippen LogP contribution is 2.31. The summed E-state index contributed by atoms with van der Waals surface area (Å²) in [6.45, 7) is 2.14. The van der Waals surface area contributed by atoms with E-state index in [1.54, 1.807) is 22.7 Å². The molecular weight excluding hydrogens is 236 g/mol. The zero-order valence-electron chi connectivity index (χ0n) is 9.06. The molecule has 0 spiro atoms. The van der Waals surface area contributed by atoms with E-state index in [4.69, 9.17) is 5.26 Å². The Bertz CT molecular complexity index is 492. The molecule has 2 nitrogen and oxygen atoms in total. The smallest absolute Gasteiger partial charge is 0.133 e. The SMILES string of the molecule is CCCc1nc(-c2cccs2)sc1CC#N. The summed E-state index contributed by atoms with van der Waals surface area (Å²) in [6.07, 6.45) is 2.53. The molecule has 0 unspecified atom stereocenters. The maximum absolute atomic E-state index is 8.78.